The van der Waals surface area contributed by atoms with E-state index in [1.54, 1.807) is 18.2 Å². The zero-order chi connectivity index (χ0) is 20.9. The van der Waals surface area contributed by atoms with Gasteiger partial charge in [0.15, 0.2) is 0 Å². The van der Waals surface area contributed by atoms with Gasteiger partial charge in [0.25, 0.3) is 5.91 Å². The maximum absolute atomic E-state index is 13.4. The summed E-state index contributed by atoms with van der Waals surface area (Å²) in [7, 11) is 1.63. The monoisotopic (exact) mass is 402 g/mol. The van der Waals surface area contributed by atoms with E-state index in [2.05, 4.69) is 23.7 Å². The van der Waals surface area contributed by atoms with Crippen molar-refractivity contribution in [3.63, 3.8) is 0 Å². The number of hydrogen-bond donors (Lipinski definition) is 0. The molecule has 7 heteroatoms. The van der Waals surface area contributed by atoms with E-state index < -0.39 is 5.54 Å². The fourth-order valence-electron chi connectivity index (χ4n) is 4.54. The zero-order valence-electron chi connectivity index (χ0n) is 18.0. The van der Waals surface area contributed by atoms with Crippen molar-refractivity contribution in [2.75, 3.05) is 39.9 Å². The van der Waals surface area contributed by atoms with Crippen molar-refractivity contribution < 1.29 is 14.3 Å². The minimum Gasteiger partial charge on any atom is -0.383 e. The number of likely N-dealkylation sites (tertiary alicyclic amines) is 1. The van der Waals surface area contributed by atoms with E-state index in [-0.39, 0.29) is 11.9 Å². The van der Waals surface area contributed by atoms with Crippen LogP contribution in [0.4, 0.5) is 4.79 Å². The Bertz CT molecular complexity index is 689. The smallest absolute Gasteiger partial charge is 0.327 e. The second-order valence-electron chi connectivity index (χ2n) is 8.17. The lowest BCUT2D eigenvalue weighted by Crippen LogP contribution is -2.58. The molecule has 2 saturated heterocycles. The van der Waals surface area contributed by atoms with Crippen molar-refractivity contribution >= 4 is 11.9 Å². The van der Waals surface area contributed by atoms with Crippen LogP contribution in [0.3, 0.4) is 0 Å². The molecule has 3 rings (SSSR count). The molecule has 1 spiro atoms. The lowest BCUT2D eigenvalue weighted by molar-refractivity contribution is -0.136. The van der Waals surface area contributed by atoms with Gasteiger partial charge in [-0.15, -0.1) is 0 Å². The van der Waals surface area contributed by atoms with Crippen LogP contribution in [-0.4, -0.2) is 83.1 Å². The first-order valence-electron chi connectivity index (χ1n) is 10.8. The number of carbonyl (C=O) groups is 2. The molecule has 2 fully saturated rings. The second-order valence-corrected chi connectivity index (χ2v) is 8.17. The van der Waals surface area contributed by atoms with Crippen molar-refractivity contribution in [2.24, 2.45) is 0 Å². The number of aromatic nitrogens is 1. The molecule has 0 N–H and O–H groups in total. The molecule has 0 saturated carbocycles. The van der Waals surface area contributed by atoms with E-state index in [0.717, 1.165) is 37.9 Å². The minimum atomic E-state index is -0.701. The van der Waals surface area contributed by atoms with E-state index >= 15 is 0 Å². The summed E-state index contributed by atoms with van der Waals surface area (Å²) in [5, 5.41) is 0. The number of imide groups is 1. The third kappa shape index (κ3) is 4.46. The number of pyridine rings is 1. The Morgan fingerprint density at radius 1 is 1.24 bits per heavy atom. The summed E-state index contributed by atoms with van der Waals surface area (Å²) in [4.78, 5) is 36.4. The highest BCUT2D eigenvalue weighted by Gasteiger charge is 2.57. The maximum atomic E-state index is 13.4. The molecule has 1 atom stereocenters. The van der Waals surface area contributed by atoms with Crippen molar-refractivity contribution in [2.45, 2.75) is 57.5 Å². The largest absolute Gasteiger partial charge is 0.383 e. The third-order valence-corrected chi connectivity index (χ3v) is 6.55. The van der Waals surface area contributed by atoms with Crippen LogP contribution < -0.4 is 0 Å². The van der Waals surface area contributed by atoms with Crippen LogP contribution in [0.2, 0.25) is 0 Å². The lowest BCUT2D eigenvalue weighted by Gasteiger charge is -2.43. The molecule has 3 amide bonds. The Labute approximate surface area is 174 Å². The van der Waals surface area contributed by atoms with Crippen LogP contribution in [0.15, 0.2) is 24.5 Å². The quantitative estimate of drug-likeness (QED) is 0.594. The maximum Gasteiger partial charge on any atom is 0.327 e. The van der Waals surface area contributed by atoms with Gasteiger partial charge in [-0.1, -0.05) is 13.0 Å². The fraction of sp³-hybridized carbons (Fsp3) is 0.682. The Hall–Kier alpha value is -1.99. The zero-order valence-corrected chi connectivity index (χ0v) is 18.0. The second kappa shape index (κ2) is 9.67. The summed E-state index contributed by atoms with van der Waals surface area (Å²) in [5.41, 5.74) is 0.424. The standard InChI is InChI=1S/C22H34N4O3/c1-4-18(2)24-13-9-22(10-14-24)20(27)25(21(28)26(22)15-16-29-3)12-6-8-19-7-5-11-23-17-19/h5,7,11,17-18H,4,6,8-10,12-16H2,1-3H3. The van der Waals surface area contributed by atoms with Crippen molar-refractivity contribution in [3.05, 3.63) is 30.1 Å². The lowest BCUT2D eigenvalue weighted by atomic mass is 9.85. The molecule has 160 valence electrons. The summed E-state index contributed by atoms with van der Waals surface area (Å²) in [5.74, 6) is -0.0198. The summed E-state index contributed by atoms with van der Waals surface area (Å²) in [6.07, 6.45) is 7.63. The first-order valence-corrected chi connectivity index (χ1v) is 10.8. The third-order valence-electron chi connectivity index (χ3n) is 6.55. The van der Waals surface area contributed by atoms with Gasteiger partial charge >= 0.3 is 6.03 Å². The molecule has 1 unspecified atom stereocenters. The van der Waals surface area contributed by atoms with Gasteiger partial charge in [-0.2, -0.15) is 0 Å². The van der Waals surface area contributed by atoms with E-state index in [1.165, 1.54) is 4.90 Å². The highest BCUT2D eigenvalue weighted by molar-refractivity contribution is 6.07. The summed E-state index contributed by atoms with van der Waals surface area (Å²) < 4.78 is 5.23. The van der Waals surface area contributed by atoms with Crippen LogP contribution in [0.1, 0.15) is 45.1 Å². The van der Waals surface area contributed by atoms with Gasteiger partial charge < -0.3 is 14.5 Å². The summed E-state index contributed by atoms with van der Waals surface area (Å²) >= 11 is 0. The number of piperidine rings is 1. The van der Waals surface area contributed by atoms with Crippen molar-refractivity contribution in [1.82, 2.24) is 19.7 Å². The molecule has 3 heterocycles. The number of amides is 3. The van der Waals surface area contributed by atoms with Gasteiger partial charge in [-0.05, 0) is 50.7 Å². The first kappa shape index (κ1) is 21.7. The Kier molecular flexibility index (Phi) is 7.24. The van der Waals surface area contributed by atoms with Gasteiger partial charge in [0.05, 0.1) is 6.61 Å². The molecule has 1 aromatic rings. The summed E-state index contributed by atoms with van der Waals surface area (Å²) in [6.45, 7) is 7.47. The van der Waals surface area contributed by atoms with E-state index in [0.29, 0.717) is 38.6 Å². The minimum absolute atomic E-state index is 0.0198. The molecule has 2 aliphatic heterocycles. The highest BCUT2D eigenvalue weighted by Crippen LogP contribution is 2.38. The Balaban J connectivity index is 1.69. The van der Waals surface area contributed by atoms with E-state index in [1.807, 2.05) is 18.3 Å². The number of carbonyl (C=O) groups excluding carboxylic acids is 2. The molecule has 2 aliphatic rings. The molecule has 1 aromatic heterocycles. The van der Waals surface area contributed by atoms with Crippen LogP contribution in [0.25, 0.3) is 0 Å². The van der Waals surface area contributed by atoms with Gasteiger partial charge in [0.1, 0.15) is 5.54 Å². The number of nitrogens with zero attached hydrogens (tertiary/aromatic N) is 4. The number of hydrogen-bond acceptors (Lipinski definition) is 5. The summed E-state index contributed by atoms with van der Waals surface area (Å²) in [6, 6.07) is 4.28. The average Bonchev–Trinajstić information content (AvgIpc) is 2.94. The van der Waals surface area contributed by atoms with Crippen LogP contribution in [-0.2, 0) is 16.0 Å². The normalized spacial score (nSPS) is 20.7. The molecular formula is C22H34N4O3. The van der Waals surface area contributed by atoms with Gasteiger partial charge in [-0.25, -0.2) is 4.79 Å². The van der Waals surface area contributed by atoms with E-state index in [9.17, 15) is 9.59 Å². The number of urea groups is 1. The SMILES string of the molecule is CCC(C)N1CCC2(CC1)C(=O)N(CCCc1cccnc1)C(=O)N2CCOC. The highest BCUT2D eigenvalue weighted by atomic mass is 16.5. The predicted octanol–water partition coefficient (Wildman–Crippen LogP) is 2.56. The van der Waals surface area contributed by atoms with Gasteiger partial charge in [-0.3, -0.25) is 14.7 Å². The van der Waals surface area contributed by atoms with E-state index in [4.69, 9.17) is 4.74 Å². The van der Waals surface area contributed by atoms with Crippen molar-refractivity contribution in [3.8, 4) is 0 Å². The van der Waals surface area contributed by atoms with Gasteiger partial charge in [0.2, 0.25) is 0 Å². The molecule has 0 aromatic carbocycles. The topological polar surface area (TPSA) is 66.0 Å². The molecule has 29 heavy (non-hydrogen) atoms. The van der Waals surface area contributed by atoms with Crippen LogP contribution >= 0.6 is 0 Å². The molecule has 7 nitrogen and oxygen atoms in total. The van der Waals surface area contributed by atoms with Crippen molar-refractivity contribution in [1.29, 1.82) is 0 Å². The molecule has 0 bridgehead atoms. The molecule has 0 radical (unpaired) electrons. The van der Waals surface area contributed by atoms with Crippen LogP contribution in [0, 0.1) is 0 Å². The Morgan fingerprint density at radius 2 is 2.00 bits per heavy atom. The average molecular weight is 403 g/mol. The van der Waals surface area contributed by atoms with Gasteiger partial charge in [0, 0.05) is 51.7 Å². The number of ether oxygens (including phenoxy) is 1. The number of methoxy groups -OCH3 is 1. The Morgan fingerprint density at radius 3 is 2.62 bits per heavy atom. The first-order chi connectivity index (χ1) is 14.0. The fourth-order valence-corrected chi connectivity index (χ4v) is 4.54. The number of aryl methyl sites for hydroxylation is 1. The molecular weight excluding hydrogens is 368 g/mol. The molecule has 0 aliphatic carbocycles. The number of rotatable bonds is 9. The van der Waals surface area contributed by atoms with Crippen LogP contribution in [0.5, 0.6) is 0 Å². The predicted molar refractivity (Wildman–Crippen MR) is 112 cm³/mol.